The molecular weight excluding hydrogens is 360 g/mol. The van der Waals surface area contributed by atoms with Crippen LogP contribution in [0.2, 0.25) is 0 Å². The lowest BCUT2D eigenvalue weighted by Gasteiger charge is -2.32. The van der Waals surface area contributed by atoms with Gasteiger partial charge in [-0.25, -0.2) is 4.39 Å². The van der Waals surface area contributed by atoms with E-state index in [-0.39, 0.29) is 23.7 Å². The highest BCUT2D eigenvalue weighted by Gasteiger charge is 2.52. The Labute approximate surface area is 165 Å². The fraction of sp³-hybridized carbons (Fsp3) is 0.600. The van der Waals surface area contributed by atoms with Gasteiger partial charge in [0, 0.05) is 6.04 Å². The molecule has 3 saturated heterocycles. The zero-order valence-corrected chi connectivity index (χ0v) is 16.7. The molecule has 3 heterocycles. The van der Waals surface area contributed by atoms with Crippen LogP contribution in [-0.4, -0.2) is 47.3 Å². The zero-order chi connectivity index (χ0) is 20.3. The van der Waals surface area contributed by atoms with Crippen LogP contribution >= 0.6 is 0 Å². The van der Waals surface area contributed by atoms with Crippen LogP contribution in [0.15, 0.2) is 18.2 Å². The van der Waals surface area contributed by atoms with Crippen molar-refractivity contribution in [2.45, 2.75) is 76.3 Å². The van der Waals surface area contributed by atoms with Crippen molar-refractivity contribution in [1.82, 2.24) is 10.2 Å². The average Bonchev–Trinajstić information content (AvgIpc) is 3.23. The molecule has 4 rings (SSSR count). The highest BCUT2D eigenvalue weighted by atomic mass is 19.1. The Kier molecular flexibility index (Phi) is 4.44. The summed E-state index contributed by atoms with van der Waals surface area (Å²) in [5, 5.41) is 12.2. The van der Waals surface area contributed by atoms with Gasteiger partial charge in [-0.2, -0.15) is 5.26 Å². The molecule has 6 nitrogen and oxygen atoms in total. The van der Waals surface area contributed by atoms with E-state index in [0.717, 1.165) is 19.3 Å². The number of halogens is 1. The number of benzene rings is 1. The Morgan fingerprint density at radius 1 is 1.29 bits per heavy atom. The number of amides is 1. The maximum atomic E-state index is 14.7. The molecule has 3 aliphatic heterocycles. The van der Waals surface area contributed by atoms with E-state index in [1.165, 1.54) is 12.1 Å². The second-order valence-electron chi connectivity index (χ2n) is 8.95. The van der Waals surface area contributed by atoms with Gasteiger partial charge in [0.2, 0.25) is 0 Å². The molecule has 0 aromatic heterocycles. The average molecular weight is 385 g/mol. The topological polar surface area (TPSA) is 74.6 Å². The quantitative estimate of drug-likeness (QED) is 0.636. The Morgan fingerprint density at radius 3 is 2.54 bits per heavy atom. The molecule has 1 amide bonds. The van der Waals surface area contributed by atoms with E-state index in [2.05, 4.69) is 11.5 Å². The van der Waals surface area contributed by atoms with Gasteiger partial charge in [-0.1, -0.05) is 6.07 Å². The number of fused-ring (bicyclic) bond motifs is 2. The van der Waals surface area contributed by atoms with E-state index in [0.29, 0.717) is 5.46 Å². The molecule has 2 bridgehead atoms. The Morgan fingerprint density at radius 2 is 1.96 bits per heavy atom. The summed E-state index contributed by atoms with van der Waals surface area (Å²) in [5.74, 6) is -1.06. The molecule has 148 valence electrons. The molecule has 8 heteroatoms. The monoisotopic (exact) mass is 385 g/mol. The third-order valence-corrected chi connectivity index (χ3v) is 6.73. The molecule has 3 aliphatic rings. The number of carbonyl (C=O) groups is 1. The molecule has 3 fully saturated rings. The van der Waals surface area contributed by atoms with Crippen LogP contribution in [0.1, 0.15) is 57.3 Å². The van der Waals surface area contributed by atoms with Crippen LogP contribution in [0.5, 0.6) is 0 Å². The summed E-state index contributed by atoms with van der Waals surface area (Å²) in [6, 6.07) is 4.54. The fourth-order valence-electron chi connectivity index (χ4n) is 4.39. The molecule has 0 spiro atoms. The fourth-order valence-corrected chi connectivity index (χ4v) is 4.39. The minimum atomic E-state index is -0.675. The van der Waals surface area contributed by atoms with Crippen molar-refractivity contribution in [3.8, 4) is 6.19 Å². The van der Waals surface area contributed by atoms with Crippen LogP contribution in [0.4, 0.5) is 4.39 Å². The van der Waals surface area contributed by atoms with Crippen molar-refractivity contribution in [2.24, 2.45) is 0 Å². The maximum Gasteiger partial charge on any atom is 0.494 e. The minimum Gasteiger partial charge on any atom is -0.399 e. The molecule has 0 unspecified atom stereocenters. The summed E-state index contributed by atoms with van der Waals surface area (Å²) in [6.07, 6.45) is 4.80. The van der Waals surface area contributed by atoms with Crippen LogP contribution in [0, 0.1) is 17.3 Å². The van der Waals surface area contributed by atoms with Gasteiger partial charge in [-0.05, 0) is 64.6 Å². The largest absolute Gasteiger partial charge is 0.494 e. The van der Waals surface area contributed by atoms with Crippen molar-refractivity contribution < 1.29 is 18.5 Å². The predicted octanol–water partition coefficient (Wildman–Crippen LogP) is 1.94. The lowest BCUT2D eigenvalue weighted by atomic mass is 9.78. The van der Waals surface area contributed by atoms with E-state index in [1.807, 2.05) is 27.7 Å². The Hall–Kier alpha value is -2.11. The number of nitrogens with one attached hydrogen (secondary N) is 1. The Balaban J connectivity index is 1.47. The predicted molar refractivity (Wildman–Crippen MR) is 102 cm³/mol. The highest BCUT2D eigenvalue weighted by Crippen LogP contribution is 2.38. The van der Waals surface area contributed by atoms with Gasteiger partial charge in [0.15, 0.2) is 6.19 Å². The summed E-state index contributed by atoms with van der Waals surface area (Å²) in [5.41, 5.74) is -0.494. The standard InChI is InChI=1S/C20H25BFN3O3/c1-19(2)20(3,4)28-21(27-19)12-5-7-14(15(22)9-12)18(26)24-16-10-13-6-8-17(16)25(13)11-23/h5,7,9,13,16-17H,6,8,10H2,1-4H3,(H,24,26)/t13-,16+,17+/m0/s1. The van der Waals surface area contributed by atoms with Crippen LogP contribution in [-0.2, 0) is 9.31 Å². The number of rotatable bonds is 3. The van der Waals surface area contributed by atoms with Crippen LogP contribution in [0.25, 0.3) is 0 Å². The summed E-state index contributed by atoms with van der Waals surface area (Å²) < 4.78 is 26.6. The molecule has 0 radical (unpaired) electrons. The number of nitriles is 1. The molecule has 1 aromatic carbocycles. The Bertz CT molecular complexity index is 838. The number of nitrogens with zero attached hydrogens (tertiary/aromatic N) is 2. The molecule has 1 aromatic rings. The van der Waals surface area contributed by atoms with Crippen molar-refractivity contribution in [3.63, 3.8) is 0 Å². The minimum absolute atomic E-state index is 0.00783. The van der Waals surface area contributed by atoms with E-state index in [1.54, 1.807) is 11.0 Å². The van der Waals surface area contributed by atoms with Gasteiger partial charge >= 0.3 is 7.12 Å². The van der Waals surface area contributed by atoms with Crippen LogP contribution in [0.3, 0.4) is 0 Å². The number of hydrogen-bond acceptors (Lipinski definition) is 5. The van der Waals surface area contributed by atoms with Gasteiger partial charge in [0.1, 0.15) is 5.82 Å². The maximum absolute atomic E-state index is 14.7. The first-order chi connectivity index (χ1) is 13.1. The third kappa shape index (κ3) is 2.97. The van der Waals surface area contributed by atoms with Crippen molar-refractivity contribution in [1.29, 1.82) is 5.26 Å². The molecule has 3 atom stereocenters. The molecule has 0 saturated carbocycles. The second kappa shape index (κ2) is 6.46. The molecule has 1 N–H and O–H groups in total. The summed E-state index contributed by atoms with van der Waals surface area (Å²) in [6.45, 7) is 7.74. The lowest BCUT2D eigenvalue weighted by molar-refractivity contribution is 0.00578. The highest BCUT2D eigenvalue weighted by molar-refractivity contribution is 6.62. The van der Waals surface area contributed by atoms with Crippen molar-refractivity contribution in [3.05, 3.63) is 29.6 Å². The van der Waals surface area contributed by atoms with Gasteiger partial charge in [-0.3, -0.25) is 4.79 Å². The van der Waals surface area contributed by atoms with E-state index < -0.39 is 30.0 Å². The normalized spacial score (nSPS) is 29.8. The van der Waals surface area contributed by atoms with Crippen molar-refractivity contribution in [2.75, 3.05) is 0 Å². The number of carbonyl (C=O) groups excluding carboxylic acids is 1. The molecule has 28 heavy (non-hydrogen) atoms. The zero-order valence-electron chi connectivity index (χ0n) is 16.7. The van der Waals surface area contributed by atoms with Gasteiger partial charge in [0.25, 0.3) is 5.91 Å². The van der Waals surface area contributed by atoms with E-state index in [4.69, 9.17) is 9.31 Å². The van der Waals surface area contributed by atoms with Gasteiger partial charge < -0.3 is 19.5 Å². The summed E-state index contributed by atoms with van der Waals surface area (Å²) >= 11 is 0. The van der Waals surface area contributed by atoms with Crippen molar-refractivity contribution >= 4 is 18.5 Å². The smallest absolute Gasteiger partial charge is 0.399 e. The van der Waals surface area contributed by atoms with Crippen LogP contribution < -0.4 is 10.8 Å². The molecule has 0 aliphatic carbocycles. The van der Waals surface area contributed by atoms with Gasteiger partial charge in [0.05, 0.1) is 28.8 Å². The van der Waals surface area contributed by atoms with E-state index >= 15 is 0 Å². The first kappa shape index (κ1) is 19.2. The summed E-state index contributed by atoms with van der Waals surface area (Å²) in [7, 11) is -0.675. The summed E-state index contributed by atoms with van der Waals surface area (Å²) in [4.78, 5) is 14.4. The third-order valence-electron chi connectivity index (χ3n) is 6.73. The molecular formula is C20H25BFN3O3. The SMILES string of the molecule is CC1(C)OB(c2ccc(C(=O)N[C@@H]3C[C@@H]4CC[C@H]3N4C#N)c(F)c2)OC1(C)C. The first-order valence-corrected chi connectivity index (χ1v) is 9.77. The van der Waals surface area contributed by atoms with Gasteiger partial charge in [-0.15, -0.1) is 0 Å². The number of hydrogen-bond donors (Lipinski definition) is 1. The second-order valence-corrected chi connectivity index (χ2v) is 8.95. The lowest BCUT2D eigenvalue weighted by Crippen LogP contribution is -2.43. The first-order valence-electron chi connectivity index (χ1n) is 9.77. The van der Waals surface area contributed by atoms with E-state index in [9.17, 15) is 14.4 Å².